The van der Waals surface area contributed by atoms with E-state index in [1.165, 1.54) is 17.1 Å². The Balaban J connectivity index is 2.17. The molecule has 16 heavy (non-hydrogen) atoms. The summed E-state index contributed by atoms with van der Waals surface area (Å²) in [4.78, 5) is 6.90. The van der Waals surface area contributed by atoms with Gasteiger partial charge in [-0.25, -0.2) is 4.98 Å². The summed E-state index contributed by atoms with van der Waals surface area (Å²) in [6.45, 7) is 4.25. The van der Waals surface area contributed by atoms with Crippen molar-refractivity contribution in [3.05, 3.63) is 23.9 Å². The monoisotopic (exact) mass is 237 g/mol. The highest BCUT2D eigenvalue weighted by Gasteiger charge is 2.15. The summed E-state index contributed by atoms with van der Waals surface area (Å²) in [5.41, 5.74) is 7.15. The predicted molar refractivity (Wildman–Crippen MR) is 71.1 cm³/mol. The number of nitrogens with zero attached hydrogens (tertiary/aromatic N) is 2. The van der Waals surface area contributed by atoms with Gasteiger partial charge in [-0.15, -0.1) is 0 Å². The van der Waals surface area contributed by atoms with E-state index < -0.39 is 0 Å². The number of hydrogen-bond donors (Lipinski definition) is 1. The molecule has 0 radical (unpaired) electrons. The lowest BCUT2D eigenvalue weighted by Gasteiger charge is -2.29. The number of pyridine rings is 1. The van der Waals surface area contributed by atoms with Gasteiger partial charge in [-0.05, 0) is 25.0 Å². The summed E-state index contributed by atoms with van der Waals surface area (Å²) < 4.78 is 0. The minimum absolute atomic E-state index is 0.196. The summed E-state index contributed by atoms with van der Waals surface area (Å²) in [6.07, 6.45) is 2.79. The van der Waals surface area contributed by atoms with E-state index in [1.807, 2.05) is 30.9 Å². The molecular weight excluding hydrogens is 218 g/mol. The van der Waals surface area contributed by atoms with Gasteiger partial charge in [0.15, 0.2) is 0 Å². The molecular formula is C12H19N3S. The zero-order valence-corrected chi connectivity index (χ0v) is 10.5. The number of rotatable bonds is 3. The van der Waals surface area contributed by atoms with E-state index in [2.05, 4.69) is 16.0 Å². The third kappa shape index (κ3) is 2.89. The fourth-order valence-electron chi connectivity index (χ4n) is 2.00. The van der Waals surface area contributed by atoms with Crippen molar-refractivity contribution in [3.63, 3.8) is 0 Å². The zero-order chi connectivity index (χ0) is 11.4. The van der Waals surface area contributed by atoms with Crippen molar-refractivity contribution in [3.8, 4) is 0 Å². The van der Waals surface area contributed by atoms with Crippen molar-refractivity contribution in [1.82, 2.24) is 4.98 Å². The number of thioether (sulfide) groups is 1. The molecule has 1 aromatic heterocycles. The maximum Gasteiger partial charge on any atom is 0.131 e. The Morgan fingerprint density at radius 3 is 2.94 bits per heavy atom. The second-order valence-electron chi connectivity index (χ2n) is 4.27. The molecule has 1 fully saturated rings. The van der Waals surface area contributed by atoms with Crippen molar-refractivity contribution in [2.24, 2.45) is 5.73 Å². The van der Waals surface area contributed by atoms with Gasteiger partial charge in [-0.1, -0.05) is 6.07 Å². The Bertz CT molecular complexity index is 335. The van der Waals surface area contributed by atoms with Crippen LogP contribution in [0.5, 0.6) is 0 Å². The van der Waals surface area contributed by atoms with E-state index in [0.29, 0.717) is 0 Å². The van der Waals surface area contributed by atoms with Gasteiger partial charge < -0.3 is 10.6 Å². The van der Waals surface area contributed by atoms with Crippen LogP contribution in [0.4, 0.5) is 5.82 Å². The maximum absolute atomic E-state index is 5.87. The topological polar surface area (TPSA) is 42.1 Å². The molecule has 0 spiro atoms. The van der Waals surface area contributed by atoms with Crippen molar-refractivity contribution >= 4 is 17.6 Å². The SMILES string of the molecule is CC(N)Cc1cccnc1N1CCSCC1. The van der Waals surface area contributed by atoms with E-state index in [1.54, 1.807) is 0 Å². The van der Waals surface area contributed by atoms with Crippen LogP contribution in [0.25, 0.3) is 0 Å². The standard InChI is InChI=1S/C12H19N3S/c1-10(13)9-11-3-2-4-14-12(11)15-5-7-16-8-6-15/h2-4,10H,5-9,13H2,1H3. The lowest BCUT2D eigenvalue weighted by Crippen LogP contribution is -2.34. The number of hydrogen-bond acceptors (Lipinski definition) is 4. The smallest absolute Gasteiger partial charge is 0.131 e. The molecule has 0 amide bonds. The Morgan fingerprint density at radius 2 is 2.25 bits per heavy atom. The molecule has 1 unspecified atom stereocenters. The average Bonchev–Trinajstić information content (AvgIpc) is 2.30. The molecule has 1 aliphatic heterocycles. The van der Waals surface area contributed by atoms with Crippen LogP contribution in [0.15, 0.2) is 18.3 Å². The molecule has 1 atom stereocenters. The minimum Gasteiger partial charge on any atom is -0.355 e. The van der Waals surface area contributed by atoms with Gasteiger partial charge in [0.05, 0.1) is 0 Å². The molecule has 0 aliphatic carbocycles. The molecule has 0 aromatic carbocycles. The first-order valence-electron chi connectivity index (χ1n) is 5.79. The van der Waals surface area contributed by atoms with Gasteiger partial charge in [0.2, 0.25) is 0 Å². The van der Waals surface area contributed by atoms with Crippen LogP contribution >= 0.6 is 11.8 Å². The van der Waals surface area contributed by atoms with Crippen LogP contribution < -0.4 is 10.6 Å². The highest BCUT2D eigenvalue weighted by atomic mass is 32.2. The molecule has 3 nitrogen and oxygen atoms in total. The lowest BCUT2D eigenvalue weighted by atomic mass is 10.1. The van der Waals surface area contributed by atoms with Crippen LogP contribution in [0, 0.1) is 0 Å². The number of aromatic nitrogens is 1. The second kappa shape index (κ2) is 5.55. The Hall–Kier alpha value is -0.740. The fourth-order valence-corrected chi connectivity index (χ4v) is 2.90. The summed E-state index contributed by atoms with van der Waals surface area (Å²) in [7, 11) is 0. The molecule has 1 aliphatic rings. The second-order valence-corrected chi connectivity index (χ2v) is 5.49. The van der Waals surface area contributed by atoms with Crippen LogP contribution in [0.2, 0.25) is 0 Å². The van der Waals surface area contributed by atoms with E-state index in [4.69, 9.17) is 5.73 Å². The summed E-state index contributed by atoms with van der Waals surface area (Å²) in [6, 6.07) is 4.34. The lowest BCUT2D eigenvalue weighted by molar-refractivity contribution is 0.726. The van der Waals surface area contributed by atoms with E-state index in [9.17, 15) is 0 Å². The maximum atomic E-state index is 5.87. The van der Waals surface area contributed by atoms with E-state index >= 15 is 0 Å². The first-order chi connectivity index (χ1) is 7.77. The average molecular weight is 237 g/mol. The summed E-state index contributed by atoms with van der Waals surface area (Å²) >= 11 is 2.02. The quantitative estimate of drug-likeness (QED) is 0.865. The Kier molecular flexibility index (Phi) is 4.07. The zero-order valence-electron chi connectivity index (χ0n) is 9.72. The highest BCUT2D eigenvalue weighted by Crippen LogP contribution is 2.21. The fraction of sp³-hybridized carbons (Fsp3) is 0.583. The third-order valence-corrected chi connectivity index (χ3v) is 3.66. The number of nitrogens with two attached hydrogens (primary N) is 1. The van der Waals surface area contributed by atoms with Crippen LogP contribution in [0.1, 0.15) is 12.5 Å². The van der Waals surface area contributed by atoms with Crippen molar-refractivity contribution in [2.45, 2.75) is 19.4 Å². The third-order valence-electron chi connectivity index (χ3n) is 2.72. The Morgan fingerprint density at radius 1 is 1.50 bits per heavy atom. The van der Waals surface area contributed by atoms with Crippen molar-refractivity contribution in [2.75, 3.05) is 29.5 Å². The minimum atomic E-state index is 0.196. The van der Waals surface area contributed by atoms with Gasteiger partial charge in [0.1, 0.15) is 5.82 Å². The molecule has 4 heteroatoms. The molecule has 2 rings (SSSR count). The molecule has 88 valence electrons. The molecule has 2 heterocycles. The normalized spacial score (nSPS) is 18.5. The van der Waals surface area contributed by atoms with Crippen molar-refractivity contribution in [1.29, 1.82) is 0 Å². The van der Waals surface area contributed by atoms with E-state index in [0.717, 1.165) is 25.3 Å². The van der Waals surface area contributed by atoms with Crippen LogP contribution in [-0.4, -0.2) is 35.6 Å². The first kappa shape index (κ1) is 11.7. The Labute approximate surface area is 101 Å². The molecule has 1 saturated heterocycles. The van der Waals surface area contributed by atoms with Gasteiger partial charge in [-0.2, -0.15) is 11.8 Å². The summed E-state index contributed by atoms with van der Waals surface area (Å²) in [5.74, 6) is 3.54. The van der Waals surface area contributed by atoms with E-state index in [-0.39, 0.29) is 6.04 Å². The highest BCUT2D eigenvalue weighted by molar-refractivity contribution is 7.99. The summed E-state index contributed by atoms with van der Waals surface area (Å²) in [5, 5.41) is 0. The predicted octanol–water partition coefficient (Wildman–Crippen LogP) is 1.52. The molecule has 0 saturated carbocycles. The van der Waals surface area contributed by atoms with Crippen LogP contribution in [-0.2, 0) is 6.42 Å². The van der Waals surface area contributed by atoms with Crippen LogP contribution in [0.3, 0.4) is 0 Å². The van der Waals surface area contributed by atoms with Gasteiger partial charge in [0, 0.05) is 36.8 Å². The van der Waals surface area contributed by atoms with Crippen molar-refractivity contribution < 1.29 is 0 Å². The van der Waals surface area contributed by atoms with Gasteiger partial charge >= 0.3 is 0 Å². The largest absolute Gasteiger partial charge is 0.355 e. The first-order valence-corrected chi connectivity index (χ1v) is 6.95. The molecule has 1 aromatic rings. The van der Waals surface area contributed by atoms with Gasteiger partial charge in [-0.3, -0.25) is 0 Å². The number of anilines is 1. The van der Waals surface area contributed by atoms with Gasteiger partial charge in [0.25, 0.3) is 0 Å². The molecule has 0 bridgehead atoms. The molecule has 2 N–H and O–H groups in total.